The van der Waals surface area contributed by atoms with E-state index in [4.69, 9.17) is 31.7 Å². The van der Waals surface area contributed by atoms with Crippen LogP contribution in [0, 0.1) is 20.2 Å². The van der Waals surface area contributed by atoms with Crippen molar-refractivity contribution in [3.8, 4) is 0 Å². The molecule has 0 aliphatic rings. The minimum atomic E-state index is -1.03. The number of hydrogen-bond acceptors (Lipinski definition) is 8. The average molecular weight is 424 g/mol. The fourth-order valence-corrected chi connectivity index (χ4v) is 0.814. The van der Waals surface area contributed by atoms with E-state index < -0.39 is 23.1 Å². The molecule has 18 heavy (non-hydrogen) atoms. The summed E-state index contributed by atoms with van der Waals surface area (Å²) in [5.74, 6) is 0. The van der Waals surface area contributed by atoms with Crippen LogP contribution >= 0.6 is 0 Å². The maximum atomic E-state index is 9.16. The summed E-state index contributed by atoms with van der Waals surface area (Å²) in [5.41, 5.74) is 10.5. The summed E-state index contributed by atoms with van der Waals surface area (Å²) in [6.07, 6.45) is 0. The van der Waals surface area contributed by atoms with Gasteiger partial charge in [0.05, 0.1) is 0 Å². The molecule has 0 saturated carbocycles. The molecule has 0 fully saturated rings. The normalized spacial score (nSPS) is 9.00. The van der Waals surface area contributed by atoms with E-state index >= 15 is 0 Å². The molecule has 0 rings (SSSR count). The number of nitrogens with zero attached hydrogens (tertiary/aromatic N) is 2. The Bertz CT molecular complexity index is 193. The smallest absolute Gasteiger partial charge is 1.00 e. The van der Waals surface area contributed by atoms with Gasteiger partial charge in [0.1, 0.15) is 0 Å². The summed E-state index contributed by atoms with van der Waals surface area (Å²) in [5, 5.41) is 24.7. The Morgan fingerprint density at radius 1 is 0.889 bits per heavy atom. The molecule has 0 aromatic carbocycles. The van der Waals surface area contributed by atoms with Crippen LogP contribution in [0.3, 0.4) is 0 Å². The first kappa shape index (κ1) is 23.0. The van der Waals surface area contributed by atoms with Crippen LogP contribution < -0.4 is 46.1 Å². The number of hydrogen-bond donors (Lipinski definition) is 4. The second kappa shape index (κ2) is 19.2. The van der Waals surface area contributed by atoms with Gasteiger partial charge < -0.3 is 46.1 Å². The van der Waals surface area contributed by atoms with E-state index in [1.54, 1.807) is 0 Å². The molecule has 0 aliphatic heterocycles. The third-order valence-corrected chi connectivity index (χ3v) is 1.57. The van der Waals surface area contributed by atoms with Gasteiger partial charge in [0.25, 0.3) is 0 Å². The molecule has 0 bridgehead atoms. The van der Waals surface area contributed by atoms with Crippen LogP contribution in [0.15, 0.2) is 0 Å². The van der Waals surface area contributed by atoms with Crippen molar-refractivity contribution in [3.05, 3.63) is 20.2 Å². The Balaban J connectivity index is -0.000000251. The van der Waals surface area contributed by atoms with Gasteiger partial charge in [-0.15, -0.1) is 0 Å². The van der Waals surface area contributed by atoms with Crippen molar-refractivity contribution in [1.29, 1.82) is 0 Å². The van der Waals surface area contributed by atoms with Crippen LogP contribution in [0.1, 0.15) is 0 Å². The van der Waals surface area contributed by atoms with E-state index in [1.165, 1.54) is 0 Å². The molecule has 0 aliphatic carbocycles. The summed E-state index contributed by atoms with van der Waals surface area (Å²) in [6.45, 7) is 5.14. The van der Waals surface area contributed by atoms with Gasteiger partial charge >= 0.3 is 43.3 Å². The molecule has 0 radical (unpaired) electrons. The van der Waals surface area contributed by atoms with Crippen LogP contribution in [0.25, 0.3) is 0 Å². The summed E-state index contributed by atoms with van der Waals surface area (Å²) in [6, 6.07) is 0. The van der Waals surface area contributed by atoms with E-state index in [2.05, 4.69) is 10.6 Å². The number of nitro groups is 2. The van der Waals surface area contributed by atoms with Crippen LogP contribution in [0.5, 0.6) is 0 Å². The van der Waals surface area contributed by atoms with Gasteiger partial charge in [0, 0.05) is 39.3 Å². The zero-order valence-electron chi connectivity index (χ0n) is 9.64. The zero-order chi connectivity index (χ0) is 13.5. The Hall–Kier alpha value is -0.124. The predicted octanol–water partition coefficient (Wildman–Crippen LogP) is -5.46. The van der Waals surface area contributed by atoms with Crippen molar-refractivity contribution >= 4 is 0 Å². The first-order chi connectivity index (χ1) is 8.04. The largest absolute Gasteiger partial charge is 1.00 e. The fraction of sp³-hybridized carbons (Fsp3) is 1.00. The number of rotatable bonds is 9. The van der Waals surface area contributed by atoms with Crippen LogP contribution in [-0.2, 0) is 15.1 Å². The molecular weight excluding hydrogens is 406 g/mol. The van der Waals surface area contributed by atoms with E-state index in [0.29, 0.717) is 13.1 Å². The second-order valence-electron chi connectivity index (χ2n) is 2.54. The van der Waals surface area contributed by atoms with E-state index in [9.17, 15) is 0 Å². The van der Waals surface area contributed by atoms with Crippen molar-refractivity contribution in [1.82, 2.24) is 10.6 Å². The number of nitrogens with one attached hydrogen (secondary N) is 2. The number of nitrogens with two attached hydrogens (primary N) is 2. The Morgan fingerprint density at radius 2 is 1.22 bits per heavy atom. The van der Waals surface area contributed by atoms with Gasteiger partial charge in [0.2, 0.25) is 0 Å². The minimum absolute atomic E-state index is 0. The predicted molar refractivity (Wildman–Crippen MR) is 57.8 cm³/mol. The Kier molecular flexibility index (Phi) is 24.6. The van der Waals surface area contributed by atoms with E-state index in [1.807, 2.05) is 0 Å². The van der Waals surface area contributed by atoms with Crippen molar-refractivity contribution in [3.63, 3.8) is 0 Å². The molecular formula is C6H18CoIN6O4. The molecule has 0 amide bonds. The first-order valence-electron chi connectivity index (χ1n) is 4.76. The number of halogens is 1. The van der Waals surface area contributed by atoms with E-state index in [0.717, 1.165) is 26.2 Å². The summed E-state index contributed by atoms with van der Waals surface area (Å²) in [4.78, 5) is 18.3. The summed E-state index contributed by atoms with van der Waals surface area (Å²) < 4.78 is -2.06. The second-order valence-corrected chi connectivity index (χ2v) is 3.50. The summed E-state index contributed by atoms with van der Waals surface area (Å²) in [7, 11) is 0. The Labute approximate surface area is 128 Å². The minimum Gasteiger partial charge on any atom is -1.00 e. The van der Waals surface area contributed by atoms with Crippen LogP contribution in [-0.4, -0.2) is 47.2 Å². The van der Waals surface area contributed by atoms with Crippen molar-refractivity contribution in [2.24, 2.45) is 11.5 Å². The molecule has 0 unspecified atom stereocenters. The van der Waals surface area contributed by atoms with Crippen LogP contribution in [0.4, 0.5) is 0 Å². The molecule has 0 aromatic heterocycles. The third-order valence-electron chi connectivity index (χ3n) is 1.23. The summed E-state index contributed by atoms with van der Waals surface area (Å²) >= 11 is -0.951. The molecule has 0 saturated heterocycles. The molecule has 6 N–H and O–H groups in total. The third kappa shape index (κ3) is 29.7. The first-order valence-corrected chi connectivity index (χ1v) is 5.69. The average Bonchev–Trinajstić information content (AvgIpc) is 2.22. The SMILES string of the molecule is NCCNCCNCCN.O=[N+]([O-])[Co+][N+](=O)[O-].[I-]. The maximum absolute atomic E-state index is 9.16. The van der Waals surface area contributed by atoms with Crippen molar-refractivity contribution in [2.45, 2.75) is 0 Å². The molecule has 112 valence electrons. The molecule has 10 nitrogen and oxygen atoms in total. The van der Waals surface area contributed by atoms with Gasteiger partial charge in [-0.3, -0.25) is 0 Å². The van der Waals surface area contributed by atoms with Crippen molar-refractivity contribution < 1.29 is 47.0 Å². The van der Waals surface area contributed by atoms with Gasteiger partial charge in [-0.1, -0.05) is 0 Å². The maximum Gasteiger partial charge on any atom is -1.00 e. The van der Waals surface area contributed by atoms with Crippen molar-refractivity contribution in [2.75, 3.05) is 39.3 Å². The standard InChI is InChI=1S/C6H18N4.Co.HI.2NO2/c7-1-3-9-5-6-10-4-2-8;;;2*2-1-3/h9-10H,1-8H2;;1H;;/q;+1;;;/p-1. The van der Waals surface area contributed by atoms with Gasteiger partial charge in [0.15, 0.2) is 0 Å². The Morgan fingerprint density at radius 3 is 1.39 bits per heavy atom. The topological polar surface area (TPSA) is 162 Å². The zero-order valence-corrected chi connectivity index (χ0v) is 12.8. The van der Waals surface area contributed by atoms with Gasteiger partial charge in [-0.25, -0.2) is 0 Å². The quantitative estimate of drug-likeness (QED) is 0.123. The van der Waals surface area contributed by atoms with E-state index in [-0.39, 0.29) is 24.0 Å². The van der Waals surface area contributed by atoms with Crippen LogP contribution in [0.2, 0.25) is 0 Å². The monoisotopic (exact) mass is 424 g/mol. The van der Waals surface area contributed by atoms with Gasteiger partial charge in [-0.2, -0.15) is 0 Å². The fourth-order valence-electron chi connectivity index (χ4n) is 0.675. The molecule has 0 heterocycles. The van der Waals surface area contributed by atoms with Gasteiger partial charge in [-0.05, 0) is 0 Å². The molecule has 12 heteroatoms. The molecule has 0 atom stereocenters. The molecule has 0 spiro atoms. The molecule has 0 aromatic rings.